The lowest BCUT2D eigenvalue weighted by molar-refractivity contribution is 0.275. The maximum absolute atomic E-state index is 2.49. The fourth-order valence-electron chi connectivity index (χ4n) is 5.92. The van der Waals surface area contributed by atoms with Gasteiger partial charge in [-0.3, -0.25) is 0 Å². The molecule has 3 aromatic carbocycles. The van der Waals surface area contributed by atoms with Crippen LogP contribution in [-0.2, 0) is 5.41 Å². The minimum atomic E-state index is -0.00315. The summed E-state index contributed by atoms with van der Waals surface area (Å²) in [5.41, 5.74) is 11.6. The normalized spacial score (nSPS) is 18.0. The molecule has 28 heavy (non-hydrogen) atoms. The Labute approximate surface area is 169 Å². The first-order valence-electron chi connectivity index (χ1n) is 10.9. The first-order chi connectivity index (χ1) is 13.6. The zero-order valence-corrected chi connectivity index (χ0v) is 17.4. The molecule has 1 saturated carbocycles. The van der Waals surface area contributed by atoms with E-state index in [0.717, 1.165) is 0 Å². The van der Waals surface area contributed by atoms with Crippen molar-refractivity contribution in [1.29, 1.82) is 0 Å². The molecule has 0 atom stereocenters. The van der Waals surface area contributed by atoms with Gasteiger partial charge < -0.3 is 0 Å². The summed E-state index contributed by atoms with van der Waals surface area (Å²) in [6.07, 6.45) is 6.77. The molecule has 0 bridgehead atoms. The van der Waals surface area contributed by atoms with Crippen LogP contribution in [-0.4, -0.2) is 0 Å². The van der Waals surface area contributed by atoms with Crippen molar-refractivity contribution >= 4 is 0 Å². The molecule has 0 nitrogen and oxygen atoms in total. The Kier molecular flexibility index (Phi) is 4.19. The summed E-state index contributed by atoms with van der Waals surface area (Å²) < 4.78 is 0. The summed E-state index contributed by atoms with van der Waals surface area (Å²) in [5.74, 6) is 0.674. The number of aryl methyl sites for hydroxylation is 3. The van der Waals surface area contributed by atoms with Crippen LogP contribution in [0.25, 0.3) is 11.1 Å². The van der Waals surface area contributed by atoms with Gasteiger partial charge in [0.25, 0.3) is 0 Å². The monoisotopic (exact) mass is 366 g/mol. The Balaban J connectivity index is 1.88. The number of hydrogen-bond acceptors (Lipinski definition) is 0. The molecule has 0 aromatic heterocycles. The van der Waals surface area contributed by atoms with E-state index in [1.54, 1.807) is 11.1 Å². The van der Waals surface area contributed by atoms with Crippen molar-refractivity contribution in [2.75, 3.05) is 0 Å². The molecule has 0 radical (unpaired) electrons. The summed E-state index contributed by atoms with van der Waals surface area (Å²) >= 11 is 0. The van der Waals surface area contributed by atoms with Crippen molar-refractivity contribution in [2.24, 2.45) is 5.92 Å². The zero-order valence-electron chi connectivity index (χ0n) is 17.4. The largest absolute Gasteiger partial charge is 0.0590 e. The molecule has 0 heterocycles. The molecule has 2 aliphatic carbocycles. The third kappa shape index (κ3) is 2.50. The van der Waals surface area contributed by atoms with Gasteiger partial charge in [-0.25, -0.2) is 0 Å². The molecule has 0 aliphatic heterocycles. The highest BCUT2D eigenvalue weighted by Crippen LogP contribution is 2.59. The molecule has 2 aliphatic rings. The van der Waals surface area contributed by atoms with Crippen molar-refractivity contribution in [3.05, 3.63) is 94.0 Å². The second-order valence-corrected chi connectivity index (χ2v) is 9.11. The summed E-state index contributed by atoms with van der Waals surface area (Å²) in [5, 5.41) is 0. The fourth-order valence-corrected chi connectivity index (χ4v) is 5.92. The first-order valence-corrected chi connectivity index (χ1v) is 10.9. The van der Waals surface area contributed by atoms with E-state index < -0.39 is 0 Å². The molecule has 5 rings (SSSR count). The lowest BCUT2D eigenvalue weighted by Crippen LogP contribution is -2.37. The summed E-state index contributed by atoms with van der Waals surface area (Å²) in [7, 11) is 0. The van der Waals surface area contributed by atoms with Gasteiger partial charge in [0.2, 0.25) is 0 Å². The van der Waals surface area contributed by atoms with Crippen LogP contribution in [0.2, 0.25) is 0 Å². The smallest absolute Gasteiger partial charge is 0.0491 e. The van der Waals surface area contributed by atoms with Crippen LogP contribution in [0.4, 0.5) is 0 Å². The predicted molar refractivity (Wildman–Crippen MR) is 119 cm³/mol. The average molecular weight is 367 g/mol. The van der Waals surface area contributed by atoms with E-state index in [9.17, 15) is 0 Å². The third-order valence-corrected chi connectivity index (χ3v) is 7.21. The molecule has 0 N–H and O–H groups in total. The maximum Gasteiger partial charge on any atom is 0.0491 e. The molecule has 0 spiro atoms. The lowest BCUT2D eigenvalue weighted by Gasteiger charge is -2.43. The topological polar surface area (TPSA) is 0 Å². The lowest BCUT2D eigenvalue weighted by atomic mass is 9.60. The highest BCUT2D eigenvalue weighted by Gasteiger charge is 2.49. The summed E-state index contributed by atoms with van der Waals surface area (Å²) in [6.45, 7) is 6.69. The summed E-state index contributed by atoms with van der Waals surface area (Å²) in [4.78, 5) is 0. The Morgan fingerprint density at radius 2 is 1.11 bits per heavy atom. The van der Waals surface area contributed by atoms with E-state index in [2.05, 4.69) is 81.4 Å². The van der Waals surface area contributed by atoms with E-state index in [-0.39, 0.29) is 5.41 Å². The number of fused-ring (bicyclic) bond motifs is 3. The van der Waals surface area contributed by atoms with E-state index in [1.807, 2.05) is 0 Å². The van der Waals surface area contributed by atoms with Crippen LogP contribution in [0.15, 0.2) is 60.7 Å². The van der Waals surface area contributed by atoms with Crippen LogP contribution >= 0.6 is 0 Å². The Bertz CT molecular complexity index is 965. The minimum Gasteiger partial charge on any atom is -0.0590 e. The molecule has 142 valence electrons. The second kappa shape index (κ2) is 6.62. The molecular formula is C28H30. The number of rotatable bonds is 2. The van der Waals surface area contributed by atoms with Crippen LogP contribution in [0, 0.1) is 26.7 Å². The van der Waals surface area contributed by atoms with Crippen molar-refractivity contribution in [1.82, 2.24) is 0 Å². The Hall–Kier alpha value is -2.34. The highest BCUT2D eigenvalue weighted by molar-refractivity contribution is 5.84. The Morgan fingerprint density at radius 1 is 0.607 bits per heavy atom. The molecule has 1 fully saturated rings. The SMILES string of the molecule is Cc1ccc(C2(C3CCCCC3)c3cc(C)ccc3-c3ccc(C)cc32)cc1. The van der Waals surface area contributed by atoms with Gasteiger partial charge in [-0.05, 0) is 67.3 Å². The van der Waals surface area contributed by atoms with Crippen molar-refractivity contribution < 1.29 is 0 Å². The van der Waals surface area contributed by atoms with Gasteiger partial charge in [0, 0.05) is 5.41 Å². The van der Waals surface area contributed by atoms with Crippen LogP contribution in [0.3, 0.4) is 0 Å². The first kappa shape index (κ1) is 17.7. The van der Waals surface area contributed by atoms with Crippen LogP contribution < -0.4 is 0 Å². The predicted octanol–water partition coefficient (Wildman–Crippen LogP) is 7.51. The quantitative estimate of drug-likeness (QED) is 0.440. The van der Waals surface area contributed by atoms with Gasteiger partial charge >= 0.3 is 0 Å². The highest BCUT2D eigenvalue weighted by atomic mass is 14.5. The van der Waals surface area contributed by atoms with E-state index in [0.29, 0.717) is 5.92 Å². The van der Waals surface area contributed by atoms with E-state index >= 15 is 0 Å². The summed E-state index contributed by atoms with van der Waals surface area (Å²) in [6, 6.07) is 23.7. The fraction of sp³-hybridized carbons (Fsp3) is 0.357. The van der Waals surface area contributed by atoms with Gasteiger partial charge in [-0.1, -0.05) is 96.6 Å². The molecule has 0 saturated heterocycles. The van der Waals surface area contributed by atoms with Crippen molar-refractivity contribution in [3.63, 3.8) is 0 Å². The van der Waals surface area contributed by atoms with Gasteiger partial charge in [0.05, 0.1) is 0 Å². The molecule has 0 heteroatoms. The van der Waals surface area contributed by atoms with Gasteiger partial charge in [-0.2, -0.15) is 0 Å². The van der Waals surface area contributed by atoms with Crippen molar-refractivity contribution in [2.45, 2.75) is 58.3 Å². The van der Waals surface area contributed by atoms with Gasteiger partial charge in [-0.15, -0.1) is 0 Å². The average Bonchev–Trinajstić information content (AvgIpc) is 2.99. The minimum absolute atomic E-state index is 0.00315. The van der Waals surface area contributed by atoms with Crippen LogP contribution in [0.1, 0.15) is 65.5 Å². The van der Waals surface area contributed by atoms with Crippen molar-refractivity contribution in [3.8, 4) is 11.1 Å². The standard InChI is InChI=1S/C28H30/c1-19-9-13-23(14-10-19)28(22-7-5-4-6-8-22)26-17-20(2)11-15-24(26)25-16-12-21(3)18-27(25)28/h9-18,22H,4-8H2,1-3H3. The maximum atomic E-state index is 2.49. The molecular weight excluding hydrogens is 336 g/mol. The zero-order chi connectivity index (χ0) is 19.3. The van der Waals surface area contributed by atoms with Gasteiger partial charge in [0.15, 0.2) is 0 Å². The number of hydrogen-bond donors (Lipinski definition) is 0. The Morgan fingerprint density at radius 3 is 1.64 bits per heavy atom. The van der Waals surface area contributed by atoms with Gasteiger partial charge in [0.1, 0.15) is 0 Å². The van der Waals surface area contributed by atoms with E-state index in [4.69, 9.17) is 0 Å². The second-order valence-electron chi connectivity index (χ2n) is 9.11. The molecule has 0 unspecified atom stereocenters. The third-order valence-electron chi connectivity index (χ3n) is 7.21. The van der Waals surface area contributed by atoms with E-state index in [1.165, 1.54) is 65.5 Å². The number of benzene rings is 3. The molecule has 0 amide bonds. The van der Waals surface area contributed by atoms with Crippen LogP contribution in [0.5, 0.6) is 0 Å². The molecule has 3 aromatic rings.